The first-order valence-electron chi connectivity index (χ1n) is 8.49. The van der Waals surface area contributed by atoms with Crippen LogP contribution in [0.5, 0.6) is 0 Å². The molecule has 0 bridgehead atoms. The molecule has 128 valence electrons. The van der Waals surface area contributed by atoms with Crippen LogP contribution >= 0.6 is 0 Å². The number of carbonyl (C=O) groups is 3. The van der Waals surface area contributed by atoms with E-state index < -0.39 is 11.9 Å². The third-order valence-electron chi connectivity index (χ3n) is 4.89. The number of imide groups is 1. The van der Waals surface area contributed by atoms with Crippen LogP contribution in [0.15, 0.2) is 12.1 Å². The minimum atomic E-state index is -0.639. The first kappa shape index (κ1) is 15.9. The number of hydrogen-bond donors (Lipinski definition) is 2. The van der Waals surface area contributed by atoms with Gasteiger partial charge in [0.2, 0.25) is 11.8 Å². The van der Waals surface area contributed by atoms with E-state index in [9.17, 15) is 19.5 Å². The summed E-state index contributed by atoms with van der Waals surface area (Å²) in [5.74, 6) is 5.80. The second-order valence-electron chi connectivity index (χ2n) is 6.77. The zero-order chi connectivity index (χ0) is 17.6. The van der Waals surface area contributed by atoms with Gasteiger partial charge in [0, 0.05) is 30.0 Å². The van der Waals surface area contributed by atoms with Crippen LogP contribution in [-0.2, 0) is 22.7 Å². The van der Waals surface area contributed by atoms with Crippen molar-refractivity contribution in [3.05, 3.63) is 34.4 Å². The highest BCUT2D eigenvalue weighted by Crippen LogP contribution is 2.32. The number of nitrogens with one attached hydrogen (secondary N) is 1. The first-order valence-corrected chi connectivity index (χ1v) is 8.49. The van der Waals surface area contributed by atoms with Crippen LogP contribution in [-0.4, -0.2) is 33.8 Å². The summed E-state index contributed by atoms with van der Waals surface area (Å²) in [6.07, 6.45) is 2.78. The molecule has 0 aromatic heterocycles. The predicted molar refractivity (Wildman–Crippen MR) is 88.0 cm³/mol. The molecule has 0 spiro atoms. The molecule has 2 N–H and O–H groups in total. The SMILES string of the molecule is O=C1CCC(N2Cc3c(C#CC4CC4)cc(CO)cc3C2=O)C(=O)N1. The van der Waals surface area contributed by atoms with Crippen molar-refractivity contribution in [1.29, 1.82) is 0 Å². The van der Waals surface area contributed by atoms with E-state index in [0.29, 0.717) is 30.0 Å². The van der Waals surface area contributed by atoms with Crippen LogP contribution in [0.25, 0.3) is 0 Å². The summed E-state index contributed by atoms with van der Waals surface area (Å²) in [6.45, 7) is 0.137. The lowest BCUT2D eigenvalue weighted by Gasteiger charge is -2.29. The molecular formula is C19H18N2O4. The minimum Gasteiger partial charge on any atom is -0.392 e. The molecule has 1 unspecified atom stereocenters. The van der Waals surface area contributed by atoms with E-state index in [2.05, 4.69) is 17.2 Å². The van der Waals surface area contributed by atoms with Crippen LogP contribution in [0, 0.1) is 17.8 Å². The third kappa shape index (κ3) is 2.92. The molecule has 1 aliphatic carbocycles. The van der Waals surface area contributed by atoms with Crippen molar-refractivity contribution in [2.75, 3.05) is 0 Å². The van der Waals surface area contributed by atoms with E-state index >= 15 is 0 Å². The quantitative estimate of drug-likeness (QED) is 0.614. The lowest BCUT2D eigenvalue weighted by atomic mass is 9.99. The molecule has 0 radical (unpaired) electrons. The molecular weight excluding hydrogens is 320 g/mol. The Kier molecular flexibility index (Phi) is 3.81. The van der Waals surface area contributed by atoms with Gasteiger partial charge in [-0.05, 0) is 42.5 Å². The summed E-state index contributed by atoms with van der Waals surface area (Å²) in [5.41, 5.74) is 2.69. The van der Waals surface area contributed by atoms with Crippen molar-refractivity contribution in [2.45, 2.75) is 44.9 Å². The lowest BCUT2D eigenvalue weighted by Crippen LogP contribution is -2.52. The molecule has 2 fully saturated rings. The molecule has 1 saturated heterocycles. The fourth-order valence-electron chi connectivity index (χ4n) is 3.33. The van der Waals surface area contributed by atoms with E-state index in [4.69, 9.17) is 0 Å². The zero-order valence-electron chi connectivity index (χ0n) is 13.7. The van der Waals surface area contributed by atoms with Gasteiger partial charge in [-0.3, -0.25) is 19.7 Å². The lowest BCUT2D eigenvalue weighted by molar-refractivity contribution is -0.136. The normalized spacial score (nSPS) is 22.4. The van der Waals surface area contributed by atoms with Crippen molar-refractivity contribution in [3.8, 4) is 11.8 Å². The van der Waals surface area contributed by atoms with E-state index in [1.165, 1.54) is 4.90 Å². The number of fused-ring (bicyclic) bond motifs is 1. The summed E-state index contributed by atoms with van der Waals surface area (Å²) < 4.78 is 0. The summed E-state index contributed by atoms with van der Waals surface area (Å²) >= 11 is 0. The van der Waals surface area contributed by atoms with Gasteiger partial charge in [0.05, 0.1) is 6.61 Å². The van der Waals surface area contributed by atoms with Crippen LogP contribution in [0.4, 0.5) is 0 Å². The van der Waals surface area contributed by atoms with Crippen molar-refractivity contribution in [3.63, 3.8) is 0 Å². The maximum absolute atomic E-state index is 12.8. The molecule has 3 aliphatic rings. The smallest absolute Gasteiger partial charge is 0.255 e. The Morgan fingerprint density at radius 2 is 2.00 bits per heavy atom. The highest BCUT2D eigenvalue weighted by molar-refractivity contribution is 6.05. The average molecular weight is 338 g/mol. The summed E-state index contributed by atoms with van der Waals surface area (Å²) in [5, 5.41) is 11.8. The Bertz CT molecular complexity index is 845. The number of benzene rings is 1. The second kappa shape index (κ2) is 6.01. The van der Waals surface area contributed by atoms with Crippen LogP contribution in [0.3, 0.4) is 0 Å². The molecule has 6 heteroatoms. The van der Waals surface area contributed by atoms with Gasteiger partial charge in [-0.2, -0.15) is 0 Å². The Morgan fingerprint density at radius 1 is 1.20 bits per heavy atom. The molecule has 1 aromatic rings. The van der Waals surface area contributed by atoms with E-state index in [0.717, 1.165) is 24.0 Å². The minimum absolute atomic E-state index is 0.170. The highest BCUT2D eigenvalue weighted by atomic mass is 16.3. The number of hydrogen-bond acceptors (Lipinski definition) is 4. The van der Waals surface area contributed by atoms with Gasteiger partial charge in [0.15, 0.2) is 0 Å². The topological polar surface area (TPSA) is 86.7 Å². The molecule has 3 amide bonds. The van der Waals surface area contributed by atoms with Crippen molar-refractivity contribution in [1.82, 2.24) is 10.2 Å². The van der Waals surface area contributed by atoms with Crippen LogP contribution < -0.4 is 5.32 Å². The summed E-state index contributed by atoms with van der Waals surface area (Å²) in [4.78, 5) is 37.8. The van der Waals surface area contributed by atoms with E-state index in [1.54, 1.807) is 6.07 Å². The monoisotopic (exact) mass is 338 g/mol. The first-order chi connectivity index (χ1) is 12.1. The number of amides is 3. The fourth-order valence-corrected chi connectivity index (χ4v) is 3.33. The van der Waals surface area contributed by atoms with Crippen LogP contribution in [0.2, 0.25) is 0 Å². The predicted octanol–water partition coefficient (Wildman–Crippen LogP) is 0.701. The molecule has 1 saturated carbocycles. The van der Waals surface area contributed by atoms with Gasteiger partial charge in [-0.25, -0.2) is 0 Å². The van der Waals surface area contributed by atoms with Gasteiger partial charge in [-0.15, -0.1) is 0 Å². The number of aliphatic hydroxyl groups excluding tert-OH is 1. The Hall–Kier alpha value is -2.65. The Morgan fingerprint density at radius 3 is 2.68 bits per heavy atom. The van der Waals surface area contributed by atoms with Crippen molar-refractivity contribution < 1.29 is 19.5 Å². The number of carbonyl (C=O) groups excluding carboxylic acids is 3. The van der Waals surface area contributed by atoms with Gasteiger partial charge < -0.3 is 10.0 Å². The molecule has 2 aliphatic heterocycles. The third-order valence-corrected chi connectivity index (χ3v) is 4.89. The Balaban J connectivity index is 1.68. The second-order valence-corrected chi connectivity index (χ2v) is 6.77. The van der Waals surface area contributed by atoms with Crippen molar-refractivity contribution >= 4 is 17.7 Å². The number of aliphatic hydroxyl groups is 1. The maximum atomic E-state index is 12.8. The number of rotatable bonds is 2. The number of nitrogens with zero attached hydrogens (tertiary/aromatic N) is 1. The highest BCUT2D eigenvalue weighted by Gasteiger charge is 2.40. The average Bonchev–Trinajstić information content (AvgIpc) is 3.37. The van der Waals surface area contributed by atoms with Gasteiger partial charge >= 0.3 is 0 Å². The summed E-state index contributed by atoms with van der Waals surface area (Å²) in [6, 6.07) is 2.85. The summed E-state index contributed by atoms with van der Waals surface area (Å²) in [7, 11) is 0. The fraction of sp³-hybridized carbons (Fsp3) is 0.421. The molecule has 25 heavy (non-hydrogen) atoms. The van der Waals surface area contributed by atoms with E-state index in [-0.39, 0.29) is 24.8 Å². The van der Waals surface area contributed by atoms with Gasteiger partial charge in [0.1, 0.15) is 6.04 Å². The zero-order valence-corrected chi connectivity index (χ0v) is 13.7. The van der Waals surface area contributed by atoms with Crippen LogP contribution in [0.1, 0.15) is 52.7 Å². The molecule has 2 heterocycles. The maximum Gasteiger partial charge on any atom is 0.255 e. The van der Waals surface area contributed by atoms with Gasteiger partial charge in [0.25, 0.3) is 5.91 Å². The molecule has 6 nitrogen and oxygen atoms in total. The molecule has 1 aromatic carbocycles. The van der Waals surface area contributed by atoms with E-state index in [1.807, 2.05) is 6.07 Å². The largest absolute Gasteiger partial charge is 0.392 e. The molecule has 1 atom stereocenters. The standard InChI is InChI=1S/C19H18N2O4/c22-10-12-7-13(4-3-11-1-2-11)15-9-21(19(25)14(15)8-12)16-5-6-17(23)20-18(16)24/h7-8,11,16,22H,1-2,5-6,9-10H2,(H,20,23,24). The molecule has 4 rings (SSSR count). The number of piperidine rings is 1. The van der Waals surface area contributed by atoms with Crippen molar-refractivity contribution in [2.24, 2.45) is 5.92 Å². The van der Waals surface area contributed by atoms with Gasteiger partial charge in [-0.1, -0.05) is 11.8 Å². The Labute approximate surface area is 145 Å².